The van der Waals surface area contributed by atoms with Crippen LogP contribution in [-0.4, -0.2) is 68.3 Å². The first kappa shape index (κ1) is 33.9. The SMILES string of the molecule is CCN1CC2N(C(=O)[C@H]3CC[C@H](C(=O)O)CC3)CCC2(S(=O)(=O)c2cccc(F)c2)c2ccc(C(F)(C(F)(F)F)C(F)(F)F)cc21. The van der Waals surface area contributed by atoms with Gasteiger partial charge in [-0.05, 0) is 68.9 Å². The van der Waals surface area contributed by atoms with Gasteiger partial charge >= 0.3 is 24.0 Å². The summed E-state index contributed by atoms with van der Waals surface area (Å²) in [5.74, 6) is -3.67. The van der Waals surface area contributed by atoms with E-state index in [0.717, 1.165) is 30.3 Å². The second-order valence-corrected chi connectivity index (χ2v) is 14.2. The molecule has 0 aromatic heterocycles. The first-order valence-corrected chi connectivity index (χ1v) is 16.0. The number of sulfone groups is 1. The third-order valence-electron chi connectivity index (χ3n) is 9.68. The third kappa shape index (κ3) is 5.01. The van der Waals surface area contributed by atoms with E-state index in [4.69, 9.17) is 0 Å². The van der Waals surface area contributed by atoms with E-state index in [2.05, 4.69) is 0 Å². The largest absolute Gasteiger partial charge is 0.481 e. The summed E-state index contributed by atoms with van der Waals surface area (Å²) in [4.78, 5) is 27.4. The van der Waals surface area contributed by atoms with Crippen molar-refractivity contribution in [1.82, 2.24) is 4.90 Å². The molecule has 1 amide bonds. The number of hydrogen-bond donors (Lipinski definition) is 1. The van der Waals surface area contributed by atoms with Crippen molar-refractivity contribution in [2.24, 2.45) is 11.8 Å². The van der Waals surface area contributed by atoms with Crippen LogP contribution in [0.4, 0.5) is 40.8 Å². The summed E-state index contributed by atoms with van der Waals surface area (Å²) in [5, 5.41) is 9.35. The molecule has 2 heterocycles. The second-order valence-electron chi connectivity index (χ2n) is 12.0. The molecule has 1 saturated heterocycles. The van der Waals surface area contributed by atoms with Crippen molar-refractivity contribution in [3.05, 3.63) is 59.4 Å². The molecule has 2 fully saturated rings. The topological polar surface area (TPSA) is 95.0 Å². The Morgan fingerprint density at radius 2 is 1.54 bits per heavy atom. The molecule has 252 valence electrons. The van der Waals surface area contributed by atoms with Crippen molar-refractivity contribution in [3.8, 4) is 0 Å². The first-order chi connectivity index (χ1) is 21.3. The molecule has 0 spiro atoms. The Labute approximate surface area is 259 Å². The zero-order valence-corrected chi connectivity index (χ0v) is 25.2. The van der Waals surface area contributed by atoms with Crippen molar-refractivity contribution in [1.29, 1.82) is 0 Å². The van der Waals surface area contributed by atoms with Crippen molar-refractivity contribution < 1.29 is 58.2 Å². The Balaban J connectivity index is 1.69. The maximum Gasteiger partial charge on any atom is 0.435 e. The van der Waals surface area contributed by atoms with Gasteiger partial charge in [-0.3, -0.25) is 9.59 Å². The number of alkyl halides is 7. The monoisotopic (exact) mass is 682 g/mol. The highest BCUT2D eigenvalue weighted by atomic mass is 32.2. The van der Waals surface area contributed by atoms with Crippen molar-refractivity contribution in [2.75, 3.05) is 24.5 Å². The van der Waals surface area contributed by atoms with Gasteiger partial charge in [-0.1, -0.05) is 18.2 Å². The predicted molar refractivity (Wildman–Crippen MR) is 148 cm³/mol. The zero-order chi connectivity index (χ0) is 34.0. The fourth-order valence-electron chi connectivity index (χ4n) is 7.27. The van der Waals surface area contributed by atoms with Gasteiger partial charge in [0.25, 0.3) is 0 Å². The van der Waals surface area contributed by atoms with E-state index in [1.165, 1.54) is 16.7 Å². The van der Waals surface area contributed by atoms with Gasteiger partial charge in [-0.2, -0.15) is 26.3 Å². The minimum atomic E-state index is -6.41. The van der Waals surface area contributed by atoms with Crippen LogP contribution in [0.15, 0.2) is 47.4 Å². The van der Waals surface area contributed by atoms with Gasteiger partial charge in [0.1, 0.15) is 10.6 Å². The summed E-state index contributed by atoms with van der Waals surface area (Å²) in [7, 11) is -4.73. The Morgan fingerprint density at radius 1 is 0.935 bits per heavy atom. The number of likely N-dealkylation sites (N-methyl/N-ethyl adjacent to an activating group) is 1. The third-order valence-corrected chi connectivity index (χ3v) is 12.2. The Kier molecular flexibility index (Phi) is 8.38. The maximum absolute atomic E-state index is 15.2. The summed E-state index contributed by atoms with van der Waals surface area (Å²) in [5.41, 5.74) is -8.19. The highest BCUT2D eigenvalue weighted by Gasteiger charge is 2.74. The highest BCUT2D eigenvalue weighted by Crippen LogP contribution is 2.58. The number of anilines is 1. The van der Waals surface area contributed by atoms with E-state index in [1.807, 2.05) is 0 Å². The van der Waals surface area contributed by atoms with Crippen LogP contribution in [0, 0.1) is 17.7 Å². The summed E-state index contributed by atoms with van der Waals surface area (Å²) in [6.07, 6.45) is -12.3. The molecule has 5 rings (SSSR count). The number of halogens is 8. The van der Waals surface area contributed by atoms with Gasteiger partial charge in [-0.15, -0.1) is 0 Å². The Hall–Kier alpha value is -3.43. The van der Waals surface area contributed by atoms with E-state index in [-0.39, 0.29) is 69.1 Å². The van der Waals surface area contributed by atoms with Crippen LogP contribution in [0.2, 0.25) is 0 Å². The predicted octanol–water partition coefficient (Wildman–Crippen LogP) is 6.12. The number of carbonyl (C=O) groups is 2. The van der Waals surface area contributed by atoms with Crippen LogP contribution in [0.1, 0.15) is 50.2 Å². The van der Waals surface area contributed by atoms with E-state index in [0.29, 0.717) is 6.07 Å². The number of fused-ring (bicyclic) bond motifs is 3. The number of benzene rings is 2. The second kappa shape index (κ2) is 11.4. The van der Waals surface area contributed by atoms with Gasteiger partial charge in [-0.25, -0.2) is 17.2 Å². The van der Waals surface area contributed by atoms with Gasteiger partial charge < -0.3 is 14.9 Å². The zero-order valence-electron chi connectivity index (χ0n) is 24.3. The van der Waals surface area contributed by atoms with Crippen LogP contribution in [0.25, 0.3) is 0 Å². The maximum atomic E-state index is 15.2. The van der Waals surface area contributed by atoms with E-state index in [1.54, 1.807) is 0 Å². The van der Waals surface area contributed by atoms with Crippen LogP contribution in [-0.2, 0) is 29.8 Å². The molecule has 2 aliphatic heterocycles. The van der Waals surface area contributed by atoms with E-state index in [9.17, 15) is 53.8 Å². The molecule has 2 unspecified atom stereocenters. The molecule has 1 N–H and O–H groups in total. The van der Waals surface area contributed by atoms with Crippen molar-refractivity contribution in [2.45, 2.75) is 72.7 Å². The van der Waals surface area contributed by atoms with Gasteiger partial charge in [0.05, 0.1) is 16.9 Å². The smallest absolute Gasteiger partial charge is 0.435 e. The molecule has 2 aromatic carbocycles. The lowest BCUT2D eigenvalue weighted by Gasteiger charge is -2.48. The molecule has 16 heteroatoms. The lowest BCUT2D eigenvalue weighted by Crippen LogP contribution is -2.59. The fraction of sp³-hybridized carbons (Fsp3) is 0.533. The van der Waals surface area contributed by atoms with Crippen LogP contribution < -0.4 is 4.90 Å². The summed E-state index contributed by atoms with van der Waals surface area (Å²) in [6.45, 7) is 0.921. The number of amides is 1. The van der Waals surface area contributed by atoms with E-state index >= 15 is 4.39 Å². The number of carboxylic acids is 1. The Morgan fingerprint density at radius 3 is 2.09 bits per heavy atom. The number of carboxylic acid groups (broad SMARTS) is 1. The molecule has 3 aliphatic rings. The standard InChI is InChI=1S/C30H30F8N2O5S/c1-2-39-16-24-27(46(44,45)21-5-3-4-20(31)15-21,12-13-40(24)25(41)17-6-8-18(9-7-17)26(42)43)22-11-10-19(14-23(22)39)28(32,29(33,34)35)30(36,37)38/h3-5,10-11,14-15,17-18,24H,2,6-9,12-13,16H2,1H3,(H,42,43)/t17-,18-,24?,27?. The minimum absolute atomic E-state index is 0.0634. The summed E-state index contributed by atoms with van der Waals surface area (Å²) in [6, 6.07) is 4.08. The van der Waals surface area contributed by atoms with Crippen molar-refractivity contribution in [3.63, 3.8) is 0 Å². The number of carbonyl (C=O) groups excluding carboxylic acids is 1. The molecule has 2 atom stereocenters. The quantitative estimate of drug-likeness (QED) is 0.370. The highest BCUT2D eigenvalue weighted by molar-refractivity contribution is 7.92. The molecule has 1 saturated carbocycles. The molecule has 7 nitrogen and oxygen atoms in total. The summed E-state index contributed by atoms with van der Waals surface area (Å²) >= 11 is 0. The molecule has 1 aliphatic carbocycles. The average Bonchev–Trinajstić information content (AvgIpc) is 3.39. The lowest BCUT2D eigenvalue weighted by molar-refractivity contribution is -0.348. The number of aliphatic carboxylic acids is 1. The average molecular weight is 683 g/mol. The lowest BCUT2D eigenvalue weighted by atomic mass is 9.80. The molecule has 0 radical (unpaired) electrons. The van der Waals surface area contributed by atoms with Crippen LogP contribution >= 0.6 is 0 Å². The normalized spacial score (nSPS) is 25.6. The molecular formula is C30H30F8N2O5S. The van der Waals surface area contributed by atoms with Crippen LogP contribution in [0.3, 0.4) is 0 Å². The van der Waals surface area contributed by atoms with Crippen molar-refractivity contribution >= 4 is 27.4 Å². The molecule has 46 heavy (non-hydrogen) atoms. The molecule has 0 bridgehead atoms. The molecular weight excluding hydrogens is 652 g/mol. The Bertz CT molecular complexity index is 1620. The van der Waals surface area contributed by atoms with Gasteiger partial charge in [0.2, 0.25) is 5.91 Å². The number of likely N-dealkylation sites (tertiary alicyclic amines) is 1. The number of nitrogens with zero attached hydrogens (tertiary/aromatic N) is 2. The first-order valence-electron chi connectivity index (χ1n) is 14.6. The van der Waals surface area contributed by atoms with Gasteiger partial charge in [0, 0.05) is 36.8 Å². The summed E-state index contributed by atoms with van der Waals surface area (Å²) < 4.78 is 139. The fourth-order valence-corrected chi connectivity index (χ4v) is 9.60. The van der Waals surface area contributed by atoms with Gasteiger partial charge in [0.15, 0.2) is 9.84 Å². The van der Waals surface area contributed by atoms with E-state index < -0.39 is 78.6 Å². The van der Waals surface area contributed by atoms with Crippen LogP contribution in [0.5, 0.6) is 0 Å². The number of hydrogen-bond acceptors (Lipinski definition) is 5. The molecule has 2 aromatic rings. The minimum Gasteiger partial charge on any atom is -0.481 e. The number of rotatable bonds is 6.